The van der Waals surface area contributed by atoms with Crippen molar-refractivity contribution in [3.8, 4) is 11.1 Å². The monoisotopic (exact) mass is 227 g/mol. The van der Waals surface area contributed by atoms with Crippen molar-refractivity contribution in [2.24, 2.45) is 0 Å². The summed E-state index contributed by atoms with van der Waals surface area (Å²) in [6.45, 7) is 0. The Morgan fingerprint density at radius 2 is 1.81 bits per heavy atom. The molecule has 0 amide bonds. The maximum atomic E-state index is 11.2. The van der Waals surface area contributed by atoms with E-state index in [9.17, 15) is 4.79 Å². The summed E-state index contributed by atoms with van der Waals surface area (Å²) in [7, 11) is 0. The van der Waals surface area contributed by atoms with Crippen LogP contribution in [0.5, 0.6) is 0 Å². The van der Waals surface area contributed by atoms with Crippen molar-refractivity contribution < 1.29 is 0 Å². The van der Waals surface area contributed by atoms with Gasteiger partial charge in [0.1, 0.15) is 4.83 Å². The number of benzene rings is 1. The highest BCUT2D eigenvalue weighted by atomic mass is 32.1. The zero-order valence-electron chi connectivity index (χ0n) is 8.44. The molecule has 3 aromatic rings. The summed E-state index contributed by atoms with van der Waals surface area (Å²) in [5.41, 5.74) is 2.31. The number of H-pyrrole nitrogens is 1. The third kappa shape index (κ3) is 1.46. The minimum atomic E-state index is -0.0473. The lowest BCUT2D eigenvalue weighted by Gasteiger charge is -1.98. The number of hydrogen-bond acceptors (Lipinski definition) is 2. The minimum absolute atomic E-state index is 0.0473. The van der Waals surface area contributed by atoms with Crippen LogP contribution in [0.15, 0.2) is 52.6 Å². The second kappa shape index (κ2) is 3.61. The van der Waals surface area contributed by atoms with Gasteiger partial charge in [0.05, 0.1) is 0 Å². The van der Waals surface area contributed by atoms with E-state index in [1.807, 2.05) is 24.3 Å². The van der Waals surface area contributed by atoms with Gasteiger partial charge in [-0.1, -0.05) is 30.3 Å². The molecule has 0 saturated carbocycles. The largest absolute Gasteiger partial charge is 0.314 e. The van der Waals surface area contributed by atoms with E-state index >= 15 is 0 Å². The summed E-state index contributed by atoms with van der Waals surface area (Å²) >= 11 is 1.57. The molecule has 0 radical (unpaired) electrons. The molecule has 1 N–H and O–H groups in total. The Morgan fingerprint density at radius 3 is 2.62 bits per heavy atom. The van der Waals surface area contributed by atoms with E-state index in [4.69, 9.17) is 0 Å². The first-order chi connectivity index (χ1) is 7.84. The number of fused-ring (bicyclic) bond motifs is 1. The van der Waals surface area contributed by atoms with Gasteiger partial charge >= 0.3 is 0 Å². The SMILES string of the molecule is O=c1ccc2c(-c3ccccc3)csc2[nH]1. The molecular formula is C13H9NOS. The van der Waals surface area contributed by atoms with Gasteiger partial charge < -0.3 is 4.98 Å². The van der Waals surface area contributed by atoms with E-state index in [1.54, 1.807) is 17.4 Å². The van der Waals surface area contributed by atoms with Crippen LogP contribution in [0.1, 0.15) is 0 Å². The van der Waals surface area contributed by atoms with Crippen LogP contribution in [0.3, 0.4) is 0 Å². The van der Waals surface area contributed by atoms with Crippen molar-refractivity contribution in [1.82, 2.24) is 4.98 Å². The highest BCUT2D eigenvalue weighted by Crippen LogP contribution is 2.31. The number of nitrogens with one attached hydrogen (secondary N) is 1. The Morgan fingerprint density at radius 1 is 1.00 bits per heavy atom. The number of aromatic amines is 1. The van der Waals surface area contributed by atoms with Gasteiger partial charge in [-0.25, -0.2) is 0 Å². The molecule has 0 bridgehead atoms. The van der Waals surface area contributed by atoms with E-state index in [1.165, 1.54) is 11.1 Å². The second-order valence-electron chi connectivity index (χ2n) is 3.58. The van der Waals surface area contributed by atoms with Gasteiger partial charge in [0.15, 0.2) is 0 Å². The van der Waals surface area contributed by atoms with Crippen LogP contribution in [-0.4, -0.2) is 4.98 Å². The zero-order valence-corrected chi connectivity index (χ0v) is 9.25. The molecule has 78 valence electrons. The predicted octanol–water partition coefficient (Wildman–Crippen LogP) is 3.26. The first-order valence-corrected chi connectivity index (χ1v) is 5.88. The number of thiophene rings is 1. The first kappa shape index (κ1) is 9.36. The molecule has 0 spiro atoms. The number of hydrogen-bond donors (Lipinski definition) is 1. The van der Waals surface area contributed by atoms with Crippen LogP contribution in [0.2, 0.25) is 0 Å². The van der Waals surface area contributed by atoms with Crippen molar-refractivity contribution in [3.05, 3.63) is 58.2 Å². The van der Waals surface area contributed by atoms with Gasteiger partial charge in [-0.05, 0) is 11.6 Å². The van der Waals surface area contributed by atoms with E-state index in [0.717, 1.165) is 10.2 Å². The van der Waals surface area contributed by atoms with Crippen molar-refractivity contribution in [3.63, 3.8) is 0 Å². The Kier molecular flexibility index (Phi) is 2.11. The van der Waals surface area contributed by atoms with Gasteiger partial charge in [-0.2, -0.15) is 0 Å². The summed E-state index contributed by atoms with van der Waals surface area (Å²) < 4.78 is 0. The van der Waals surface area contributed by atoms with Gasteiger partial charge in [-0.15, -0.1) is 11.3 Å². The average molecular weight is 227 g/mol. The topological polar surface area (TPSA) is 32.9 Å². The summed E-state index contributed by atoms with van der Waals surface area (Å²) in [6, 6.07) is 13.6. The fourth-order valence-electron chi connectivity index (χ4n) is 1.78. The molecule has 0 aliphatic rings. The lowest BCUT2D eigenvalue weighted by atomic mass is 10.1. The Labute approximate surface area is 96.2 Å². The molecule has 0 atom stereocenters. The van der Waals surface area contributed by atoms with Crippen molar-refractivity contribution in [2.45, 2.75) is 0 Å². The molecule has 2 heterocycles. The molecule has 0 aliphatic carbocycles. The molecule has 3 rings (SSSR count). The van der Waals surface area contributed by atoms with E-state index in [2.05, 4.69) is 22.5 Å². The third-order valence-corrected chi connectivity index (χ3v) is 3.46. The van der Waals surface area contributed by atoms with Gasteiger partial charge in [-0.3, -0.25) is 4.79 Å². The normalized spacial score (nSPS) is 10.8. The van der Waals surface area contributed by atoms with Gasteiger partial charge in [0, 0.05) is 22.4 Å². The average Bonchev–Trinajstić information content (AvgIpc) is 2.73. The molecule has 0 fully saturated rings. The van der Waals surface area contributed by atoms with Crippen LogP contribution in [0.4, 0.5) is 0 Å². The van der Waals surface area contributed by atoms with Gasteiger partial charge in [0.2, 0.25) is 5.56 Å². The summed E-state index contributed by atoms with van der Waals surface area (Å²) in [4.78, 5) is 15.0. The summed E-state index contributed by atoms with van der Waals surface area (Å²) in [5.74, 6) is 0. The van der Waals surface area contributed by atoms with Crippen LogP contribution in [0.25, 0.3) is 21.3 Å². The van der Waals surface area contributed by atoms with Gasteiger partial charge in [0.25, 0.3) is 0 Å². The van der Waals surface area contributed by atoms with Crippen molar-refractivity contribution in [1.29, 1.82) is 0 Å². The lowest BCUT2D eigenvalue weighted by molar-refractivity contribution is 1.33. The van der Waals surface area contributed by atoms with Crippen LogP contribution < -0.4 is 5.56 Å². The molecule has 2 aromatic heterocycles. The molecule has 0 aliphatic heterocycles. The summed E-state index contributed by atoms with van der Waals surface area (Å²) in [6.07, 6.45) is 0. The standard InChI is InChI=1S/C13H9NOS/c15-12-7-6-10-11(8-16-13(10)14-12)9-4-2-1-3-5-9/h1-8H,(H,14,15). The molecular weight excluding hydrogens is 218 g/mol. The molecule has 0 saturated heterocycles. The Hall–Kier alpha value is -1.87. The minimum Gasteiger partial charge on any atom is -0.314 e. The first-order valence-electron chi connectivity index (χ1n) is 5.00. The third-order valence-electron chi connectivity index (χ3n) is 2.55. The predicted molar refractivity (Wildman–Crippen MR) is 67.9 cm³/mol. The quantitative estimate of drug-likeness (QED) is 0.680. The van der Waals surface area contributed by atoms with Crippen molar-refractivity contribution >= 4 is 21.6 Å². The second-order valence-corrected chi connectivity index (χ2v) is 4.46. The number of rotatable bonds is 1. The molecule has 2 nitrogen and oxygen atoms in total. The zero-order chi connectivity index (χ0) is 11.0. The highest BCUT2D eigenvalue weighted by molar-refractivity contribution is 7.17. The molecule has 1 aromatic carbocycles. The fraction of sp³-hybridized carbons (Fsp3) is 0. The Balaban J connectivity index is 2.30. The number of pyridine rings is 1. The van der Waals surface area contributed by atoms with E-state index in [0.29, 0.717) is 0 Å². The van der Waals surface area contributed by atoms with E-state index in [-0.39, 0.29) is 5.56 Å². The lowest BCUT2D eigenvalue weighted by Crippen LogP contribution is -2.00. The highest BCUT2D eigenvalue weighted by Gasteiger charge is 2.05. The molecule has 0 unspecified atom stereocenters. The van der Waals surface area contributed by atoms with Crippen LogP contribution >= 0.6 is 11.3 Å². The van der Waals surface area contributed by atoms with Crippen LogP contribution in [0, 0.1) is 0 Å². The maximum Gasteiger partial charge on any atom is 0.249 e. The summed E-state index contributed by atoms with van der Waals surface area (Å²) in [5, 5.41) is 3.19. The van der Waals surface area contributed by atoms with Crippen LogP contribution in [-0.2, 0) is 0 Å². The number of aromatic nitrogens is 1. The van der Waals surface area contributed by atoms with E-state index < -0.39 is 0 Å². The fourth-order valence-corrected chi connectivity index (χ4v) is 2.75. The molecule has 16 heavy (non-hydrogen) atoms. The maximum absolute atomic E-state index is 11.2. The Bertz CT molecular complexity index is 682. The smallest absolute Gasteiger partial charge is 0.249 e. The van der Waals surface area contributed by atoms with Crippen molar-refractivity contribution in [2.75, 3.05) is 0 Å². The molecule has 3 heteroatoms.